The van der Waals surface area contributed by atoms with E-state index < -0.39 is 0 Å². The molecule has 154 valence electrons. The summed E-state index contributed by atoms with van der Waals surface area (Å²) in [6.07, 6.45) is 5.54. The fourth-order valence-corrected chi connectivity index (χ4v) is 2.80. The van der Waals surface area contributed by atoms with Crippen LogP contribution in [0.3, 0.4) is 0 Å². The maximum absolute atomic E-state index is 5.81. The molecule has 0 radical (unpaired) electrons. The lowest BCUT2D eigenvalue weighted by Gasteiger charge is -2.13. The molecule has 0 saturated carbocycles. The van der Waals surface area contributed by atoms with E-state index in [4.69, 9.17) is 14.3 Å². The summed E-state index contributed by atoms with van der Waals surface area (Å²) in [6.45, 7) is 10.9. The Kier molecular flexibility index (Phi) is 9.31. The highest BCUT2D eigenvalue weighted by atomic mass is 16.5. The van der Waals surface area contributed by atoms with Gasteiger partial charge in [0.25, 0.3) is 0 Å². The third-order valence-corrected chi connectivity index (χ3v) is 4.38. The molecular formula is C21H33N5O2. The number of hydrogen-bond donors (Lipinski definition) is 2. The second kappa shape index (κ2) is 12.0. The van der Waals surface area contributed by atoms with Crippen molar-refractivity contribution < 1.29 is 9.26 Å². The Hall–Kier alpha value is -2.57. The molecule has 0 spiro atoms. The highest BCUT2D eigenvalue weighted by Crippen LogP contribution is 2.17. The largest absolute Gasteiger partial charge is 0.477 e. The van der Waals surface area contributed by atoms with E-state index in [9.17, 15) is 0 Å². The van der Waals surface area contributed by atoms with Gasteiger partial charge in [-0.1, -0.05) is 38.4 Å². The molecule has 0 amide bonds. The van der Waals surface area contributed by atoms with Gasteiger partial charge in [-0.3, -0.25) is 0 Å². The van der Waals surface area contributed by atoms with E-state index in [0.29, 0.717) is 25.6 Å². The molecule has 2 rings (SSSR count). The molecular weight excluding hydrogens is 354 g/mol. The van der Waals surface area contributed by atoms with Gasteiger partial charge in [0, 0.05) is 36.8 Å². The molecule has 2 heterocycles. The van der Waals surface area contributed by atoms with Crippen LogP contribution < -0.4 is 15.4 Å². The molecule has 0 bridgehead atoms. The van der Waals surface area contributed by atoms with Crippen molar-refractivity contribution in [1.82, 2.24) is 20.8 Å². The van der Waals surface area contributed by atoms with Crippen molar-refractivity contribution in [2.24, 2.45) is 4.99 Å². The minimum Gasteiger partial charge on any atom is -0.477 e. The number of unbranched alkanes of at least 4 members (excludes halogenated alkanes) is 1. The number of guanidine groups is 1. The highest BCUT2D eigenvalue weighted by molar-refractivity contribution is 5.79. The first kappa shape index (κ1) is 21.7. The number of nitrogens with zero attached hydrogens (tertiary/aromatic N) is 3. The lowest BCUT2D eigenvalue weighted by Crippen LogP contribution is -2.37. The number of aromatic nitrogens is 2. The van der Waals surface area contributed by atoms with Crippen LogP contribution in [0, 0.1) is 0 Å². The number of aliphatic imine (C=N–C) groups is 1. The van der Waals surface area contributed by atoms with Gasteiger partial charge in [0.15, 0.2) is 5.96 Å². The van der Waals surface area contributed by atoms with Gasteiger partial charge in [-0.05, 0) is 25.8 Å². The number of nitrogens with one attached hydrogen (secondary N) is 2. The Bertz CT molecular complexity index is 721. The number of ether oxygens (including phenoxy) is 1. The van der Waals surface area contributed by atoms with Crippen LogP contribution in [0.1, 0.15) is 63.1 Å². The monoisotopic (exact) mass is 387 g/mol. The first-order chi connectivity index (χ1) is 13.7. The summed E-state index contributed by atoms with van der Waals surface area (Å²) < 4.78 is 11.3. The molecule has 2 N–H and O–H groups in total. The first-order valence-electron chi connectivity index (χ1n) is 10.3. The van der Waals surface area contributed by atoms with Crippen molar-refractivity contribution in [3.63, 3.8) is 0 Å². The summed E-state index contributed by atoms with van der Waals surface area (Å²) in [5.41, 5.74) is 3.10. The van der Waals surface area contributed by atoms with Gasteiger partial charge in [0.05, 0.1) is 18.8 Å². The quantitative estimate of drug-likeness (QED) is 0.348. The minimum absolute atomic E-state index is 0.496. The minimum atomic E-state index is 0.496. The van der Waals surface area contributed by atoms with Gasteiger partial charge < -0.3 is 19.9 Å². The molecule has 0 aliphatic rings. The van der Waals surface area contributed by atoms with Crippen molar-refractivity contribution in [3.05, 3.63) is 40.9 Å². The van der Waals surface area contributed by atoms with Crippen molar-refractivity contribution in [1.29, 1.82) is 0 Å². The highest BCUT2D eigenvalue weighted by Gasteiger charge is 2.13. The van der Waals surface area contributed by atoms with Crippen LogP contribution in [0.4, 0.5) is 0 Å². The number of hydrogen-bond acceptors (Lipinski definition) is 5. The van der Waals surface area contributed by atoms with E-state index in [-0.39, 0.29) is 0 Å². The Balaban J connectivity index is 2.06. The predicted octanol–water partition coefficient (Wildman–Crippen LogP) is 3.63. The third kappa shape index (κ3) is 6.25. The predicted molar refractivity (Wildman–Crippen MR) is 112 cm³/mol. The summed E-state index contributed by atoms with van der Waals surface area (Å²) in [5, 5.41) is 10.9. The Morgan fingerprint density at radius 1 is 1.18 bits per heavy atom. The zero-order chi connectivity index (χ0) is 20.2. The fourth-order valence-electron chi connectivity index (χ4n) is 2.80. The molecule has 0 aliphatic carbocycles. The van der Waals surface area contributed by atoms with E-state index >= 15 is 0 Å². The summed E-state index contributed by atoms with van der Waals surface area (Å²) in [5.74, 6) is 2.34. The summed E-state index contributed by atoms with van der Waals surface area (Å²) in [4.78, 5) is 9.06. The van der Waals surface area contributed by atoms with E-state index in [1.807, 2.05) is 12.1 Å². The molecule has 28 heavy (non-hydrogen) atoms. The lowest BCUT2D eigenvalue weighted by atomic mass is 10.1. The molecule has 7 nitrogen and oxygen atoms in total. The molecule has 0 atom stereocenters. The number of aryl methyl sites for hydroxylation is 2. The van der Waals surface area contributed by atoms with Crippen LogP contribution in [0.25, 0.3) is 0 Å². The maximum Gasteiger partial charge on any atom is 0.218 e. The van der Waals surface area contributed by atoms with Crippen molar-refractivity contribution in [3.8, 4) is 5.88 Å². The standard InChI is InChI=1S/C21H33N5O2/c1-5-9-13-27-20-16(11-10-12-23-20)14-24-21(22-8-4)25-15-17-18(6-2)26-28-19(17)7-3/h10-12H,5-9,13-15H2,1-4H3,(H2,22,24,25). The maximum atomic E-state index is 5.81. The SMILES string of the molecule is CCCCOc1ncccc1CN=C(NCC)NCc1c(CC)noc1CC. The second-order valence-corrected chi connectivity index (χ2v) is 6.46. The first-order valence-corrected chi connectivity index (χ1v) is 10.3. The van der Waals surface area contributed by atoms with E-state index in [1.54, 1.807) is 6.20 Å². The lowest BCUT2D eigenvalue weighted by molar-refractivity contribution is 0.294. The smallest absolute Gasteiger partial charge is 0.218 e. The van der Waals surface area contributed by atoms with Crippen LogP contribution in [0.15, 0.2) is 27.8 Å². The molecule has 0 unspecified atom stereocenters. The number of rotatable bonds is 11. The van der Waals surface area contributed by atoms with Crippen molar-refractivity contribution in [2.75, 3.05) is 13.2 Å². The molecule has 7 heteroatoms. The van der Waals surface area contributed by atoms with Gasteiger partial charge >= 0.3 is 0 Å². The fraction of sp³-hybridized carbons (Fsp3) is 0.571. The van der Waals surface area contributed by atoms with Crippen LogP contribution in [-0.2, 0) is 25.9 Å². The summed E-state index contributed by atoms with van der Waals surface area (Å²) in [7, 11) is 0. The van der Waals surface area contributed by atoms with Crippen LogP contribution in [0.5, 0.6) is 5.88 Å². The molecule has 0 aromatic carbocycles. The third-order valence-electron chi connectivity index (χ3n) is 4.38. The Morgan fingerprint density at radius 2 is 2.04 bits per heavy atom. The Labute approximate surface area is 168 Å². The second-order valence-electron chi connectivity index (χ2n) is 6.46. The number of pyridine rings is 1. The average molecular weight is 388 g/mol. The molecule has 0 saturated heterocycles. The zero-order valence-electron chi connectivity index (χ0n) is 17.5. The summed E-state index contributed by atoms with van der Waals surface area (Å²) >= 11 is 0. The van der Waals surface area contributed by atoms with Crippen LogP contribution in [0.2, 0.25) is 0 Å². The van der Waals surface area contributed by atoms with Gasteiger partial charge in [-0.15, -0.1) is 0 Å². The van der Waals surface area contributed by atoms with Crippen LogP contribution >= 0.6 is 0 Å². The molecule has 2 aromatic heterocycles. The van der Waals surface area contributed by atoms with Crippen molar-refractivity contribution >= 4 is 5.96 Å². The van der Waals surface area contributed by atoms with E-state index in [1.165, 1.54) is 0 Å². The zero-order valence-corrected chi connectivity index (χ0v) is 17.5. The normalized spacial score (nSPS) is 11.5. The summed E-state index contributed by atoms with van der Waals surface area (Å²) in [6, 6.07) is 3.92. The van der Waals surface area contributed by atoms with Gasteiger partial charge in [-0.25, -0.2) is 9.98 Å². The van der Waals surface area contributed by atoms with Gasteiger partial charge in [-0.2, -0.15) is 0 Å². The van der Waals surface area contributed by atoms with Gasteiger partial charge in [0.2, 0.25) is 5.88 Å². The Morgan fingerprint density at radius 3 is 2.75 bits per heavy atom. The molecule has 2 aromatic rings. The molecule has 0 fully saturated rings. The topological polar surface area (TPSA) is 84.6 Å². The van der Waals surface area contributed by atoms with Gasteiger partial charge in [0.1, 0.15) is 5.76 Å². The van der Waals surface area contributed by atoms with E-state index in [0.717, 1.165) is 60.8 Å². The van der Waals surface area contributed by atoms with Crippen LogP contribution in [-0.4, -0.2) is 29.3 Å². The molecule has 0 aliphatic heterocycles. The van der Waals surface area contributed by atoms with E-state index in [2.05, 4.69) is 48.5 Å². The van der Waals surface area contributed by atoms with Crippen molar-refractivity contribution in [2.45, 2.75) is 66.5 Å². The average Bonchev–Trinajstić information content (AvgIpc) is 3.13.